The third-order valence-corrected chi connectivity index (χ3v) is 2.67. The van der Waals surface area contributed by atoms with Gasteiger partial charge in [-0.05, 0) is 35.4 Å². The molecule has 0 aliphatic carbocycles. The van der Waals surface area contributed by atoms with Gasteiger partial charge in [0.2, 0.25) is 0 Å². The summed E-state index contributed by atoms with van der Waals surface area (Å²) in [7, 11) is 0. The highest BCUT2D eigenvalue weighted by Crippen LogP contribution is 2.23. The highest BCUT2D eigenvalue weighted by Gasteiger charge is 2.10. The predicted octanol–water partition coefficient (Wildman–Crippen LogP) is 3.48. The van der Waals surface area contributed by atoms with Gasteiger partial charge in [0.1, 0.15) is 11.6 Å². The maximum Gasteiger partial charge on any atom is 0.387 e. The SMILES string of the molecule is NC(c1ccc(OC(F)F)cc1)c1cccc(F)c1. The molecule has 2 aromatic rings. The van der Waals surface area contributed by atoms with Crippen molar-refractivity contribution in [1.82, 2.24) is 0 Å². The third kappa shape index (κ3) is 3.48. The Morgan fingerprint density at radius 3 is 2.21 bits per heavy atom. The summed E-state index contributed by atoms with van der Waals surface area (Å²) in [5.41, 5.74) is 7.28. The number of hydrogen-bond donors (Lipinski definition) is 1. The topological polar surface area (TPSA) is 35.2 Å². The van der Waals surface area contributed by atoms with E-state index in [0.29, 0.717) is 11.1 Å². The van der Waals surface area contributed by atoms with E-state index in [1.54, 1.807) is 24.3 Å². The lowest BCUT2D eigenvalue weighted by atomic mass is 9.99. The summed E-state index contributed by atoms with van der Waals surface area (Å²) in [6.07, 6.45) is 0. The number of halogens is 3. The van der Waals surface area contributed by atoms with Crippen LogP contribution in [0.15, 0.2) is 48.5 Å². The minimum absolute atomic E-state index is 0.0604. The van der Waals surface area contributed by atoms with Crippen LogP contribution in [0.1, 0.15) is 17.2 Å². The van der Waals surface area contributed by atoms with Crippen molar-refractivity contribution in [2.45, 2.75) is 12.7 Å². The Balaban J connectivity index is 2.17. The Morgan fingerprint density at radius 1 is 0.947 bits per heavy atom. The van der Waals surface area contributed by atoms with Crippen LogP contribution in [0.2, 0.25) is 0 Å². The van der Waals surface area contributed by atoms with Crippen LogP contribution in [-0.2, 0) is 0 Å². The molecule has 1 unspecified atom stereocenters. The zero-order chi connectivity index (χ0) is 13.8. The maximum absolute atomic E-state index is 13.1. The molecule has 0 radical (unpaired) electrons. The van der Waals surface area contributed by atoms with Crippen LogP contribution >= 0.6 is 0 Å². The maximum atomic E-state index is 13.1. The summed E-state index contributed by atoms with van der Waals surface area (Å²) < 4.78 is 41.3. The Kier molecular flexibility index (Phi) is 4.06. The summed E-state index contributed by atoms with van der Waals surface area (Å²) in [4.78, 5) is 0. The summed E-state index contributed by atoms with van der Waals surface area (Å²) >= 11 is 0. The fraction of sp³-hybridized carbons (Fsp3) is 0.143. The highest BCUT2D eigenvalue weighted by atomic mass is 19.3. The van der Waals surface area contributed by atoms with Gasteiger partial charge in [-0.3, -0.25) is 0 Å². The summed E-state index contributed by atoms with van der Waals surface area (Å²) in [5, 5.41) is 0. The van der Waals surface area contributed by atoms with Crippen LogP contribution in [0.3, 0.4) is 0 Å². The minimum Gasteiger partial charge on any atom is -0.435 e. The molecule has 0 saturated carbocycles. The van der Waals surface area contributed by atoms with Crippen molar-refractivity contribution in [2.75, 3.05) is 0 Å². The largest absolute Gasteiger partial charge is 0.435 e. The summed E-state index contributed by atoms with van der Waals surface area (Å²) in [6, 6.07) is 11.4. The average Bonchev–Trinajstić information content (AvgIpc) is 2.38. The molecule has 0 bridgehead atoms. The minimum atomic E-state index is -2.86. The molecular formula is C14H12F3NO. The lowest BCUT2D eigenvalue weighted by Crippen LogP contribution is -2.12. The van der Waals surface area contributed by atoms with Crippen molar-refractivity contribution in [1.29, 1.82) is 0 Å². The lowest BCUT2D eigenvalue weighted by Gasteiger charge is -2.13. The number of benzene rings is 2. The molecule has 0 aromatic heterocycles. The molecule has 2 rings (SSSR count). The fourth-order valence-electron chi connectivity index (χ4n) is 1.75. The van der Waals surface area contributed by atoms with Crippen molar-refractivity contribution < 1.29 is 17.9 Å². The first-order chi connectivity index (χ1) is 9.06. The molecule has 1 atom stereocenters. The van der Waals surface area contributed by atoms with E-state index in [1.165, 1.54) is 24.3 Å². The van der Waals surface area contributed by atoms with Gasteiger partial charge in [-0.25, -0.2) is 4.39 Å². The first kappa shape index (κ1) is 13.4. The molecule has 0 spiro atoms. The van der Waals surface area contributed by atoms with E-state index in [-0.39, 0.29) is 11.6 Å². The van der Waals surface area contributed by atoms with E-state index < -0.39 is 12.7 Å². The lowest BCUT2D eigenvalue weighted by molar-refractivity contribution is -0.0498. The fourth-order valence-corrected chi connectivity index (χ4v) is 1.75. The number of hydrogen-bond acceptors (Lipinski definition) is 2. The number of alkyl halides is 2. The second-order valence-electron chi connectivity index (χ2n) is 3.98. The second-order valence-corrected chi connectivity index (χ2v) is 3.98. The third-order valence-electron chi connectivity index (χ3n) is 2.67. The van der Waals surface area contributed by atoms with Gasteiger partial charge in [-0.2, -0.15) is 8.78 Å². The van der Waals surface area contributed by atoms with Crippen LogP contribution < -0.4 is 10.5 Å². The second kappa shape index (κ2) is 5.75. The summed E-state index contributed by atoms with van der Waals surface area (Å²) in [6.45, 7) is -2.86. The first-order valence-electron chi connectivity index (χ1n) is 5.62. The van der Waals surface area contributed by atoms with E-state index in [4.69, 9.17) is 5.73 Å². The molecule has 0 aliphatic rings. The Labute approximate surface area is 108 Å². The van der Waals surface area contributed by atoms with Gasteiger partial charge in [0.05, 0.1) is 6.04 Å². The predicted molar refractivity (Wildman–Crippen MR) is 65.5 cm³/mol. The van der Waals surface area contributed by atoms with Crippen LogP contribution in [0.25, 0.3) is 0 Å². The van der Waals surface area contributed by atoms with Crippen LogP contribution in [0, 0.1) is 5.82 Å². The van der Waals surface area contributed by atoms with Crippen molar-refractivity contribution in [3.63, 3.8) is 0 Å². The number of ether oxygens (including phenoxy) is 1. The quantitative estimate of drug-likeness (QED) is 0.920. The van der Waals surface area contributed by atoms with Crippen LogP contribution in [0.4, 0.5) is 13.2 Å². The molecule has 0 fully saturated rings. The smallest absolute Gasteiger partial charge is 0.387 e. The first-order valence-corrected chi connectivity index (χ1v) is 5.62. The molecule has 0 amide bonds. The van der Waals surface area contributed by atoms with Crippen molar-refractivity contribution in [3.8, 4) is 5.75 Å². The molecule has 100 valence electrons. The molecule has 0 saturated heterocycles. The van der Waals surface area contributed by atoms with Gasteiger partial charge < -0.3 is 10.5 Å². The van der Waals surface area contributed by atoms with E-state index >= 15 is 0 Å². The van der Waals surface area contributed by atoms with Crippen molar-refractivity contribution >= 4 is 0 Å². The molecule has 2 N–H and O–H groups in total. The Morgan fingerprint density at radius 2 is 1.63 bits per heavy atom. The van der Waals surface area contributed by atoms with Gasteiger partial charge in [0.15, 0.2) is 0 Å². The molecule has 2 aromatic carbocycles. The van der Waals surface area contributed by atoms with Gasteiger partial charge in [-0.15, -0.1) is 0 Å². The van der Waals surface area contributed by atoms with E-state index in [9.17, 15) is 13.2 Å². The molecule has 5 heteroatoms. The molecule has 19 heavy (non-hydrogen) atoms. The molecule has 0 aliphatic heterocycles. The van der Waals surface area contributed by atoms with Crippen LogP contribution in [-0.4, -0.2) is 6.61 Å². The van der Waals surface area contributed by atoms with Gasteiger partial charge >= 0.3 is 6.61 Å². The Bertz CT molecular complexity index is 543. The highest BCUT2D eigenvalue weighted by molar-refractivity contribution is 5.35. The van der Waals surface area contributed by atoms with Crippen molar-refractivity contribution in [2.24, 2.45) is 5.73 Å². The van der Waals surface area contributed by atoms with Crippen molar-refractivity contribution in [3.05, 3.63) is 65.5 Å². The van der Waals surface area contributed by atoms with E-state index in [2.05, 4.69) is 4.74 Å². The van der Waals surface area contributed by atoms with Gasteiger partial charge in [0.25, 0.3) is 0 Å². The normalized spacial score (nSPS) is 12.5. The molecule has 2 nitrogen and oxygen atoms in total. The summed E-state index contributed by atoms with van der Waals surface area (Å²) in [5.74, 6) is -0.309. The van der Waals surface area contributed by atoms with E-state index in [1.807, 2.05) is 0 Å². The monoisotopic (exact) mass is 267 g/mol. The zero-order valence-electron chi connectivity index (χ0n) is 9.89. The Hall–Kier alpha value is -2.01. The van der Waals surface area contributed by atoms with Gasteiger partial charge in [-0.1, -0.05) is 24.3 Å². The molecular weight excluding hydrogens is 255 g/mol. The van der Waals surface area contributed by atoms with Crippen LogP contribution in [0.5, 0.6) is 5.75 Å². The zero-order valence-corrected chi connectivity index (χ0v) is 9.89. The molecule has 0 heterocycles. The van der Waals surface area contributed by atoms with E-state index in [0.717, 1.165) is 0 Å². The standard InChI is InChI=1S/C14H12F3NO/c15-11-3-1-2-10(8-11)13(18)9-4-6-12(7-5-9)19-14(16)17/h1-8,13-14H,18H2. The van der Waals surface area contributed by atoms with Gasteiger partial charge in [0, 0.05) is 0 Å². The number of nitrogens with two attached hydrogens (primary N) is 1. The average molecular weight is 267 g/mol. The number of rotatable bonds is 4.